The maximum absolute atomic E-state index is 5.76. The Morgan fingerprint density at radius 3 is 2.19 bits per heavy atom. The molecule has 0 aromatic heterocycles. The van der Waals surface area contributed by atoms with E-state index >= 15 is 0 Å². The summed E-state index contributed by atoms with van der Waals surface area (Å²) >= 11 is 0. The van der Waals surface area contributed by atoms with Crippen molar-refractivity contribution in [1.29, 1.82) is 0 Å². The second kappa shape index (κ2) is 6.80. The third-order valence-electron chi connectivity index (χ3n) is 4.00. The minimum Gasteiger partial charge on any atom is -0.384 e. The molecule has 0 spiro atoms. The standard InChI is InChI=1S/C18H30N2O/c1-14-12-20(13-15(2)21-14)11-10-19-17-8-6-16(7-9-17)18(3,4)5/h6-9,14-15,19H,10-13H2,1-5H3. The maximum Gasteiger partial charge on any atom is 0.0678 e. The zero-order valence-electron chi connectivity index (χ0n) is 14.1. The number of hydrogen-bond donors (Lipinski definition) is 1. The third kappa shape index (κ3) is 5.01. The molecule has 21 heavy (non-hydrogen) atoms. The van der Waals surface area contributed by atoms with Crippen LogP contribution in [0.4, 0.5) is 5.69 Å². The van der Waals surface area contributed by atoms with Crippen LogP contribution in [0.25, 0.3) is 0 Å². The van der Waals surface area contributed by atoms with Crippen LogP contribution in [0.15, 0.2) is 24.3 Å². The molecule has 0 radical (unpaired) electrons. The molecule has 0 aliphatic carbocycles. The van der Waals surface area contributed by atoms with Crippen molar-refractivity contribution < 1.29 is 4.74 Å². The maximum atomic E-state index is 5.76. The lowest BCUT2D eigenvalue weighted by Crippen LogP contribution is -2.46. The molecule has 1 saturated heterocycles. The number of ether oxygens (including phenoxy) is 1. The Morgan fingerprint density at radius 2 is 1.67 bits per heavy atom. The van der Waals surface area contributed by atoms with Gasteiger partial charge in [-0.3, -0.25) is 4.90 Å². The molecule has 1 aromatic carbocycles. The van der Waals surface area contributed by atoms with Crippen molar-refractivity contribution in [2.75, 3.05) is 31.5 Å². The van der Waals surface area contributed by atoms with Crippen LogP contribution < -0.4 is 5.32 Å². The third-order valence-corrected chi connectivity index (χ3v) is 4.00. The second-order valence-corrected chi connectivity index (χ2v) is 7.27. The Bertz CT molecular complexity index is 426. The molecule has 3 nitrogen and oxygen atoms in total. The van der Waals surface area contributed by atoms with Gasteiger partial charge < -0.3 is 10.1 Å². The molecular weight excluding hydrogens is 260 g/mol. The summed E-state index contributed by atoms with van der Waals surface area (Å²) in [6, 6.07) is 8.82. The average Bonchev–Trinajstić information content (AvgIpc) is 2.37. The van der Waals surface area contributed by atoms with Crippen LogP contribution in [-0.4, -0.2) is 43.3 Å². The van der Waals surface area contributed by atoms with Crippen molar-refractivity contribution in [3.05, 3.63) is 29.8 Å². The lowest BCUT2D eigenvalue weighted by Gasteiger charge is -2.35. The van der Waals surface area contributed by atoms with E-state index < -0.39 is 0 Å². The molecule has 1 aliphatic heterocycles. The number of nitrogens with zero attached hydrogens (tertiary/aromatic N) is 1. The summed E-state index contributed by atoms with van der Waals surface area (Å²) < 4.78 is 5.76. The molecule has 1 fully saturated rings. The minimum absolute atomic E-state index is 0.221. The van der Waals surface area contributed by atoms with E-state index in [0.717, 1.165) is 26.2 Å². The summed E-state index contributed by atoms with van der Waals surface area (Å²) in [7, 11) is 0. The highest BCUT2D eigenvalue weighted by molar-refractivity contribution is 5.45. The van der Waals surface area contributed by atoms with E-state index in [-0.39, 0.29) is 5.41 Å². The molecular formula is C18H30N2O. The fraction of sp³-hybridized carbons (Fsp3) is 0.667. The summed E-state index contributed by atoms with van der Waals surface area (Å²) in [5.41, 5.74) is 2.81. The van der Waals surface area contributed by atoms with Gasteiger partial charge in [0.15, 0.2) is 0 Å². The van der Waals surface area contributed by atoms with Gasteiger partial charge in [-0.15, -0.1) is 0 Å². The highest BCUT2D eigenvalue weighted by atomic mass is 16.5. The van der Waals surface area contributed by atoms with Crippen LogP contribution in [0, 0.1) is 0 Å². The number of nitrogens with one attached hydrogen (secondary N) is 1. The van der Waals surface area contributed by atoms with Crippen LogP contribution in [-0.2, 0) is 10.2 Å². The quantitative estimate of drug-likeness (QED) is 0.918. The Kier molecular flexibility index (Phi) is 5.28. The number of morpholine rings is 1. The summed E-state index contributed by atoms with van der Waals surface area (Å²) in [4.78, 5) is 2.48. The van der Waals surface area contributed by atoms with E-state index in [1.807, 2.05) is 0 Å². The van der Waals surface area contributed by atoms with Crippen molar-refractivity contribution in [3.63, 3.8) is 0 Å². The van der Waals surface area contributed by atoms with Gasteiger partial charge in [-0.25, -0.2) is 0 Å². The molecule has 1 heterocycles. The molecule has 0 saturated carbocycles. The summed E-state index contributed by atoms with van der Waals surface area (Å²) in [5, 5.41) is 3.52. The monoisotopic (exact) mass is 290 g/mol. The van der Waals surface area contributed by atoms with Crippen molar-refractivity contribution in [3.8, 4) is 0 Å². The first-order chi connectivity index (χ1) is 9.84. The first kappa shape index (κ1) is 16.3. The highest BCUT2D eigenvalue weighted by Crippen LogP contribution is 2.23. The van der Waals surface area contributed by atoms with Gasteiger partial charge >= 0.3 is 0 Å². The molecule has 1 aliphatic rings. The van der Waals surface area contributed by atoms with Crippen LogP contribution >= 0.6 is 0 Å². The van der Waals surface area contributed by atoms with Crippen LogP contribution in [0.1, 0.15) is 40.2 Å². The fourth-order valence-corrected chi connectivity index (χ4v) is 2.91. The number of benzene rings is 1. The lowest BCUT2D eigenvalue weighted by molar-refractivity contribution is -0.0667. The van der Waals surface area contributed by atoms with Crippen molar-refractivity contribution >= 4 is 5.69 Å². The van der Waals surface area contributed by atoms with Crippen molar-refractivity contribution in [2.24, 2.45) is 0 Å². The molecule has 0 bridgehead atoms. The Hall–Kier alpha value is -1.06. The van der Waals surface area contributed by atoms with E-state index in [0.29, 0.717) is 12.2 Å². The molecule has 1 N–H and O–H groups in total. The van der Waals surface area contributed by atoms with Gasteiger partial charge in [0.05, 0.1) is 12.2 Å². The van der Waals surface area contributed by atoms with Gasteiger partial charge in [0, 0.05) is 31.9 Å². The zero-order chi connectivity index (χ0) is 15.5. The normalized spacial score (nSPS) is 24.0. The molecule has 118 valence electrons. The first-order valence-electron chi connectivity index (χ1n) is 8.07. The van der Waals surface area contributed by atoms with Gasteiger partial charge in [-0.2, -0.15) is 0 Å². The van der Waals surface area contributed by atoms with Crippen molar-refractivity contribution in [2.45, 2.75) is 52.2 Å². The molecule has 1 aromatic rings. The van der Waals surface area contributed by atoms with Gasteiger partial charge in [-0.05, 0) is 37.0 Å². The molecule has 0 amide bonds. The Labute approximate surface area is 129 Å². The molecule has 2 unspecified atom stereocenters. The zero-order valence-corrected chi connectivity index (χ0v) is 14.1. The van der Waals surface area contributed by atoms with E-state index in [1.54, 1.807) is 0 Å². The minimum atomic E-state index is 0.221. The Balaban J connectivity index is 1.78. The van der Waals surface area contributed by atoms with E-state index in [9.17, 15) is 0 Å². The van der Waals surface area contributed by atoms with Gasteiger partial charge in [0.1, 0.15) is 0 Å². The number of hydrogen-bond acceptors (Lipinski definition) is 3. The summed E-state index contributed by atoms with van der Waals surface area (Å²) in [6.07, 6.45) is 0.694. The van der Waals surface area contributed by atoms with Crippen LogP contribution in [0.2, 0.25) is 0 Å². The molecule has 2 atom stereocenters. The number of rotatable bonds is 4. The average molecular weight is 290 g/mol. The largest absolute Gasteiger partial charge is 0.384 e. The SMILES string of the molecule is CC1CN(CCNc2ccc(C(C)(C)C)cc2)CC(C)O1. The first-order valence-corrected chi connectivity index (χ1v) is 8.07. The van der Waals surface area contributed by atoms with Crippen LogP contribution in [0.5, 0.6) is 0 Å². The topological polar surface area (TPSA) is 24.5 Å². The van der Waals surface area contributed by atoms with Gasteiger partial charge in [0.25, 0.3) is 0 Å². The summed E-state index contributed by atoms with van der Waals surface area (Å²) in [5.74, 6) is 0. The fourth-order valence-electron chi connectivity index (χ4n) is 2.91. The van der Waals surface area contributed by atoms with Crippen molar-refractivity contribution in [1.82, 2.24) is 4.90 Å². The van der Waals surface area contributed by atoms with E-state index in [2.05, 4.69) is 69.1 Å². The Morgan fingerprint density at radius 1 is 1.10 bits per heavy atom. The smallest absolute Gasteiger partial charge is 0.0678 e. The second-order valence-electron chi connectivity index (χ2n) is 7.27. The molecule has 3 heteroatoms. The predicted molar refractivity (Wildman–Crippen MR) is 90.1 cm³/mol. The number of anilines is 1. The predicted octanol–water partition coefficient (Wildman–Crippen LogP) is 3.51. The van der Waals surface area contributed by atoms with E-state index in [4.69, 9.17) is 4.74 Å². The highest BCUT2D eigenvalue weighted by Gasteiger charge is 2.21. The van der Waals surface area contributed by atoms with E-state index in [1.165, 1.54) is 11.3 Å². The van der Waals surface area contributed by atoms with Crippen LogP contribution in [0.3, 0.4) is 0 Å². The van der Waals surface area contributed by atoms with Gasteiger partial charge in [-0.1, -0.05) is 32.9 Å². The molecule has 2 rings (SSSR count). The van der Waals surface area contributed by atoms with Gasteiger partial charge in [0.2, 0.25) is 0 Å². The summed E-state index contributed by atoms with van der Waals surface area (Å²) in [6.45, 7) is 15.2. The lowest BCUT2D eigenvalue weighted by atomic mass is 9.87.